The highest BCUT2D eigenvalue weighted by molar-refractivity contribution is 6.03. The Hall–Kier alpha value is -1.88. The SMILES string of the molecule is CCOCCOC(=O)c1ccccc1C(=O)OCC. The monoisotopic (exact) mass is 266 g/mol. The van der Waals surface area contributed by atoms with Crippen LogP contribution in [0.25, 0.3) is 0 Å². The lowest BCUT2D eigenvalue weighted by atomic mass is 10.1. The van der Waals surface area contributed by atoms with E-state index in [2.05, 4.69) is 0 Å². The van der Waals surface area contributed by atoms with Crippen LogP contribution < -0.4 is 0 Å². The second-order valence-corrected chi connectivity index (χ2v) is 3.60. The Kier molecular flexibility index (Phi) is 6.60. The number of carbonyl (C=O) groups is 2. The maximum Gasteiger partial charge on any atom is 0.339 e. The van der Waals surface area contributed by atoms with Gasteiger partial charge in [0, 0.05) is 6.61 Å². The van der Waals surface area contributed by atoms with Gasteiger partial charge in [-0.2, -0.15) is 0 Å². The number of carbonyl (C=O) groups excluding carboxylic acids is 2. The van der Waals surface area contributed by atoms with Crippen molar-refractivity contribution in [2.45, 2.75) is 13.8 Å². The molecule has 0 aliphatic carbocycles. The maximum atomic E-state index is 11.9. The van der Waals surface area contributed by atoms with Crippen molar-refractivity contribution in [1.82, 2.24) is 0 Å². The molecule has 0 aromatic heterocycles. The smallest absolute Gasteiger partial charge is 0.339 e. The molecule has 1 aromatic carbocycles. The molecule has 0 amide bonds. The summed E-state index contributed by atoms with van der Waals surface area (Å²) in [6.07, 6.45) is 0. The Morgan fingerprint density at radius 3 is 2.00 bits per heavy atom. The van der Waals surface area contributed by atoms with Crippen LogP contribution in [-0.4, -0.2) is 38.4 Å². The van der Waals surface area contributed by atoms with Gasteiger partial charge in [0.2, 0.25) is 0 Å². The van der Waals surface area contributed by atoms with E-state index in [1.54, 1.807) is 19.1 Å². The summed E-state index contributed by atoms with van der Waals surface area (Å²) < 4.78 is 15.0. The van der Waals surface area contributed by atoms with Crippen molar-refractivity contribution < 1.29 is 23.8 Å². The third-order valence-corrected chi connectivity index (χ3v) is 2.31. The van der Waals surface area contributed by atoms with E-state index in [0.29, 0.717) is 13.2 Å². The fourth-order valence-corrected chi connectivity index (χ4v) is 1.46. The highest BCUT2D eigenvalue weighted by atomic mass is 16.6. The molecule has 104 valence electrons. The van der Waals surface area contributed by atoms with Crippen LogP contribution in [0, 0.1) is 0 Å². The summed E-state index contributed by atoms with van der Waals surface area (Å²) in [7, 11) is 0. The average Bonchev–Trinajstić information content (AvgIpc) is 2.43. The van der Waals surface area contributed by atoms with Crippen molar-refractivity contribution >= 4 is 11.9 Å². The van der Waals surface area contributed by atoms with Crippen LogP contribution in [0.4, 0.5) is 0 Å². The van der Waals surface area contributed by atoms with Crippen LogP contribution in [0.1, 0.15) is 34.6 Å². The van der Waals surface area contributed by atoms with Crippen LogP contribution in [0.3, 0.4) is 0 Å². The molecule has 5 nitrogen and oxygen atoms in total. The highest BCUT2D eigenvalue weighted by Crippen LogP contribution is 2.11. The molecule has 1 rings (SSSR count). The first kappa shape index (κ1) is 15.2. The van der Waals surface area contributed by atoms with Crippen LogP contribution in [0.5, 0.6) is 0 Å². The lowest BCUT2D eigenvalue weighted by molar-refractivity contribution is 0.0326. The molecule has 0 fully saturated rings. The third kappa shape index (κ3) is 4.71. The second-order valence-electron chi connectivity index (χ2n) is 3.60. The van der Waals surface area contributed by atoms with Crippen molar-refractivity contribution in [2.24, 2.45) is 0 Å². The lowest BCUT2D eigenvalue weighted by Crippen LogP contribution is -2.16. The number of esters is 2. The standard InChI is InChI=1S/C14H18O5/c1-3-17-9-10-19-14(16)12-8-6-5-7-11(12)13(15)18-4-2/h5-8H,3-4,9-10H2,1-2H3. The topological polar surface area (TPSA) is 61.8 Å². The molecular weight excluding hydrogens is 248 g/mol. The van der Waals surface area contributed by atoms with Crippen molar-refractivity contribution in [1.29, 1.82) is 0 Å². The minimum absolute atomic E-state index is 0.157. The first-order valence-electron chi connectivity index (χ1n) is 6.21. The fourth-order valence-electron chi connectivity index (χ4n) is 1.46. The van der Waals surface area contributed by atoms with Gasteiger partial charge in [0.05, 0.1) is 24.3 Å². The minimum atomic E-state index is -0.552. The Labute approximate surface area is 112 Å². The Morgan fingerprint density at radius 2 is 1.47 bits per heavy atom. The zero-order valence-corrected chi connectivity index (χ0v) is 11.2. The van der Waals surface area contributed by atoms with Gasteiger partial charge in [0.25, 0.3) is 0 Å². The number of hydrogen-bond acceptors (Lipinski definition) is 5. The molecule has 19 heavy (non-hydrogen) atoms. The summed E-state index contributed by atoms with van der Waals surface area (Å²) in [6, 6.07) is 6.41. The van der Waals surface area contributed by atoms with Gasteiger partial charge in [0.1, 0.15) is 6.61 Å². The molecule has 0 saturated heterocycles. The molecule has 0 radical (unpaired) electrons. The van der Waals surface area contributed by atoms with Gasteiger partial charge in [-0.15, -0.1) is 0 Å². The van der Waals surface area contributed by atoms with Gasteiger partial charge in [-0.25, -0.2) is 9.59 Å². The lowest BCUT2D eigenvalue weighted by Gasteiger charge is -2.08. The second kappa shape index (κ2) is 8.26. The Bertz CT molecular complexity index is 428. The third-order valence-electron chi connectivity index (χ3n) is 2.31. The maximum absolute atomic E-state index is 11.9. The summed E-state index contributed by atoms with van der Waals surface area (Å²) in [6.45, 7) is 4.88. The molecule has 0 saturated carbocycles. The van der Waals surface area contributed by atoms with Gasteiger partial charge in [-0.3, -0.25) is 0 Å². The molecule has 0 unspecified atom stereocenters. The molecule has 0 N–H and O–H groups in total. The van der Waals surface area contributed by atoms with Crippen LogP contribution in [0.15, 0.2) is 24.3 Å². The van der Waals surface area contributed by atoms with Gasteiger partial charge in [-0.05, 0) is 26.0 Å². The molecule has 0 spiro atoms. The van der Waals surface area contributed by atoms with Gasteiger partial charge in [0.15, 0.2) is 0 Å². The summed E-state index contributed by atoms with van der Waals surface area (Å²) in [5.41, 5.74) is 0.420. The molecule has 1 aromatic rings. The van der Waals surface area contributed by atoms with E-state index in [9.17, 15) is 9.59 Å². The number of hydrogen-bond donors (Lipinski definition) is 0. The highest BCUT2D eigenvalue weighted by Gasteiger charge is 2.18. The zero-order valence-electron chi connectivity index (χ0n) is 11.2. The Balaban J connectivity index is 2.71. The summed E-state index contributed by atoms with van der Waals surface area (Å²) in [5.74, 6) is -1.08. The fraction of sp³-hybridized carbons (Fsp3) is 0.429. The zero-order chi connectivity index (χ0) is 14.1. The van der Waals surface area contributed by atoms with Crippen LogP contribution in [-0.2, 0) is 14.2 Å². The molecule has 0 heterocycles. The minimum Gasteiger partial charge on any atom is -0.462 e. The molecule has 0 atom stereocenters. The van der Waals surface area contributed by atoms with E-state index in [-0.39, 0.29) is 24.3 Å². The van der Waals surface area contributed by atoms with Crippen LogP contribution >= 0.6 is 0 Å². The largest absolute Gasteiger partial charge is 0.462 e. The van der Waals surface area contributed by atoms with E-state index in [0.717, 1.165) is 0 Å². The molecule has 0 bridgehead atoms. The number of benzene rings is 1. The predicted molar refractivity (Wildman–Crippen MR) is 69.2 cm³/mol. The van der Waals surface area contributed by atoms with E-state index in [1.165, 1.54) is 12.1 Å². The number of ether oxygens (including phenoxy) is 3. The number of rotatable bonds is 7. The van der Waals surface area contributed by atoms with Crippen molar-refractivity contribution in [3.05, 3.63) is 35.4 Å². The first-order chi connectivity index (χ1) is 9.20. The predicted octanol–water partition coefficient (Wildman–Crippen LogP) is 2.06. The van der Waals surface area contributed by atoms with Crippen molar-refractivity contribution in [3.63, 3.8) is 0 Å². The van der Waals surface area contributed by atoms with Crippen molar-refractivity contribution in [3.8, 4) is 0 Å². The van der Waals surface area contributed by atoms with Gasteiger partial charge >= 0.3 is 11.9 Å². The van der Waals surface area contributed by atoms with Crippen molar-refractivity contribution in [2.75, 3.05) is 26.4 Å². The quantitative estimate of drug-likeness (QED) is 0.558. The molecular formula is C14H18O5. The molecule has 0 aliphatic heterocycles. The first-order valence-corrected chi connectivity index (χ1v) is 6.21. The summed E-state index contributed by atoms with van der Waals surface area (Å²) >= 11 is 0. The van der Waals surface area contributed by atoms with E-state index < -0.39 is 11.9 Å². The van der Waals surface area contributed by atoms with Gasteiger partial charge < -0.3 is 14.2 Å². The van der Waals surface area contributed by atoms with E-state index >= 15 is 0 Å². The molecule has 5 heteroatoms. The summed E-state index contributed by atoms with van der Waals surface area (Å²) in [4.78, 5) is 23.5. The van der Waals surface area contributed by atoms with E-state index in [1.807, 2.05) is 6.92 Å². The van der Waals surface area contributed by atoms with Gasteiger partial charge in [-0.1, -0.05) is 12.1 Å². The Morgan fingerprint density at radius 1 is 0.895 bits per heavy atom. The average molecular weight is 266 g/mol. The van der Waals surface area contributed by atoms with E-state index in [4.69, 9.17) is 14.2 Å². The normalized spacial score (nSPS) is 10.0. The van der Waals surface area contributed by atoms with Crippen LogP contribution in [0.2, 0.25) is 0 Å². The summed E-state index contributed by atoms with van der Waals surface area (Å²) in [5, 5.41) is 0. The molecule has 0 aliphatic rings.